The quantitative estimate of drug-likeness (QED) is 0.883. The van der Waals surface area contributed by atoms with Crippen LogP contribution < -0.4 is 5.32 Å². The summed E-state index contributed by atoms with van der Waals surface area (Å²) in [7, 11) is 0. The van der Waals surface area contributed by atoms with E-state index in [0.717, 1.165) is 12.8 Å². The highest BCUT2D eigenvalue weighted by Gasteiger charge is 2.40. The average molecular weight is 334 g/mol. The van der Waals surface area contributed by atoms with Crippen LogP contribution >= 0.6 is 0 Å². The highest BCUT2D eigenvalue weighted by molar-refractivity contribution is 5.76. The maximum atomic E-state index is 14.2. The van der Waals surface area contributed by atoms with Gasteiger partial charge in [0.15, 0.2) is 0 Å². The lowest BCUT2D eigenvalue weighted by molar-refractivity contribution is -0.121. The first-order valence-electron chi connectivity index (χ1n) is 8.14. The Balaban J connectivity index is 1.67. The van der Waals surface area contributed by atoms with Crippen molar-refractivity contribution in [3.63, 3.8) is 0 Å². The van der Waals surface area contributed by atoms with Crippen LogP contribution in [0, 0.1) is 11.6 Å². The van der Waals surface area contributed by atoms with Gasteiger partial charge in [0.25, 0.3) is 0 Å². The van der Waals surface area contributed by atoms with E-state index in [1.165, 1.54) is 24.5 Å². The number of carbonyl (C=O) groups is 1. The molecule has 1 aliphatic rings. The molecule has 0 saturated heterocycles. The largest absolute Gasteiger partial charge is 0.355 e. The number of hydrogen-bond acceptors (Lipinski definition) is 3. The molecule has 1 aliphatic carbocycles. The summed E-state index contributed by atoms with van der Waals surface area (Å²) >= 11 is 0. The average Bonchev–Trinajstić information content (AvgIpc) is 3.23. The predicted octanol–water partition coefficient (Wildman–Crippen LogP) is 2.57. The van der Waals surface area contributed by atoms with Crippen molar-refractivity contribution in [3.05, 3.63) is 48.1 Å². The van der Waals surface area contributed by atoms with Gasteiger partial charge in [-0.15, -0.1) is 0 Å². The molecular weight excluding hydrogens is 314 g/mol. The van der Waals surface area contributed by atoms with Crippen molar-refractivity contribution in [2.75, 3.05) is 6.54 Å². The van der Waals surface area contributed by atoms with Crippen molar-refractivity contribution < 1.29 is 13.6 Å². The Morgan fingerprint density at radius 1 is 1.25 bits per heavy atom. The fourth-order valence-electron chi connectivity index (χ4n) is 3.49. The number of aryl methyl sites for hydroxylation is 1. The van der Waals surface area contributed by atoms with Gasteiger partial charge in [-0.1, -0.05) is 18.9 Å². The van der Waals surface area contributed by atoms with Gasteiger partial charge in [-0.3, -0.25) is 9.48 Å². The fraction of sp³-hybridized carbons (Fsp3) is 0.471. The van der Waals surface area contributed by atoms with Crippen molar-refractivity contribution in [1.29, 1.82) is 0 Å². The molecule has 1 fully saturated rings. The summed E-state index contributed by atoms with van der Waals surface area (Å²) in [5.41, 5.74) is -0.544. The third kappa shape index (κ3) is 3.44. The molecule has 0 unspecified atom stereocenters. The summed E-state index contributed by atoms with van der Waals surface area (Å²) in [6, 6.07) is 3.93. The van der Waals surface area contributed by atoms with E-state index in [1.54, 1.807) is 11.0 Å². The van der Waals surface area contributed by atoms with Gasteiger partial charge in [0.2, 0.25) is 5.91 Å². The molecule has 0 aliphatic heterocycles. The summed E-state index contributed by atoms with van der Waals surface area (Å²) in [4.78, 5) is 15.9. The minimum absolute atomic E-state index is 0.110. The van der Waals surface area contributed by atoms with Crippen molar-refractivity contribution >= 4 is 5.91 Å². The number of halogens is 2. The molecule has 1 aromatic carbocycles. The summed E-state index contributed by atoms with van der Waals surface area (Å²) < 4.78 is 30.0. The summed E-state index contributed by atoms with van der Waals surface area (Å²) in [5.74, 6) is -1.23. The second-order valence-electron chi connectivity index (χ2n) is 6.27. The van der Waals surface area contributed by atoms with E-state index in [-0.39, 0.29) is 24.4 Å². The van der Waals surface area contributed by atoms with Gasteiger partial charge in [0, 0.05) is 23.9 Å². The highest BCUT2D eigenvalue weighted by Crippen LogP contribution is 2.42. The van der Waals surface area contributed by atoms with E-state index in [9.17, 15) is 13.6 Å². The molecule has 1 N–H and O–H groups in total. The number of hydrogen-bond donors (Lipinski definition) is 1. The number of carbonyl (C=O) groups excluding carboxylic acids is 1. The van der Waals surface area contributed by atoms with Gasteiger partial charge < -0.3 is 5.32 Å². The topological polar surface area (TPSA) is 59.8 Å². The lowest BCUT2D eigenvalue weighted by atomic mass is 9.78. The summed E-state index contributed by atoms with van der Waals surface area (Å²) in [5, 5.41) is 6.78. The normalized spacial score (nSPS) is 16.2. The third-order valence-corrected chi connectivity index (χ3v) is 4.71. The molecule has 1 saturated carbocycles. The lowest BCUT2D eigenvalue weighted by Crippen LogP contribution is -2.40. The Labute approximate surface area is 139 Å². The lowest BCUT2D eigenvalue weighted by Gasteiger charge is -2.30. The Hall–Kier alpha value is -2.31. The monoisotopic (exact) mass is 334 g/mol. The van der Waals surface area contributed by atoms with Crippen LogP contribution in [-0.2, 0) is 16.8 Å². The summed E-state index contributed by atoms with van der Waals surface area (Å²) in [6.45, 7) is 0.675. The Bertz CT molecular complexity index is 676. The Morgan fingerprint density at radius 3 is 2.58 bits per heavy atom. The van der Waals surface area contributed by atoms with Crippen molar-refractivity contribution in [3.8, 4) is 0 Å². The third-order valence-electron chi connectivity index (χ3n) is 4.71. The molecule has 0 bridgehead atoms. The zero-order valence-electron chi connectivity index (χ0n) is 13.3. The van der Waals surface area contributed by atoms with Crippen LogP contribution in [-0.4, -0.2) is 27.2 Å². The first-order valence-corrected chi connectivity index (χ1v) is 8.14. The van der Waals surface area contributed by atoms with Crippen LogP contribution in [0.25, 0.3) is 0 Å². The fourth-order valence-corrected chi connectivity index (χ4v) is 3.49. The van der Waals surface area contributed by atoms with Crippen LogP contribution in [0.1, 0.15) is 37.7 Å². The van der Waals surface area contributed by atoms with Crippen molar-refractivity contribution in [2.24, 2.45) is 0 Å². The Kier molecular flexibility index (Phi) is 4.87. The number of amides is 1. The van der Waals surface area contributed by atoms with E-state index < -0.39 is 17.0 Å². The van der Waals surface area contributed by atoms with Gasteiger partial charge in [0.1, 0.15) is 24.3 Å². The van der Waals surface area contributed by atoms with E-state index in [0.29, 0.717) is 19.4 Å². The van der Waals surface area contributed by atoms with Crippen LogP contribution in [0.3, 0.4) is 0 Å². The molecule has 2 aromatic rings. The van der Waals surface area contributed by atoms with E-state index in [2.05, 4.69) is 15.4 Å². The standard InChI is InChI=1S/C17H20F2N4O/c18-13-4-3-5-14(19)16(13)17(7-1-2-8-17)10-21-15(24)6-9-23-12-20-11-22-23/h3-5,11-12H,1-2,6-10H2,(H,21,24). The highest BCUT2D eigenvalue weighted by atomic mass is 19.1. The maximum absolute atomic E-state index is 14.2. The molecule has 1 aromatic heterocycles. The van der Waals surface area contributed by atoms with Gasteiger partial charge in [-0.2, -0.15) is 5.10 Å². The molecule has 1 amide bonds. The Morgan fingerprint density at radius 2 is 1.96 bits per heavy atom. The first-order chi connectivity index (χ1) is 11.6. The molecule has 7 heteroatoms. The number of rotatable bonds is 6. The van der Waals surface area contributed by atoms with E-state index >= 15 is 0 Å². The number of aromatic nitrogens is 3. The zero-order valence-corrected chi connectivity index (χ0v) is 13.3. The molecule has 0 spiro atoms. The van der Waals surface area contributed by atoms with Crippen LogP contribution in [0.15, 0.2) is 30.9 Å². The first kappa shape index (κ1) is 16.5. The van der Waals surface area contributed by atoms with Crippen molar-refractivity contribution in [1.82, 2.24) is 20.1 Å². The smallest absolute Gasteiger partial charge is 0.221 e. The van der Waals surface area contributed by atoms with E-state index in [1.807, 2.05) is 0 Å². The number of nitrogens with zero attached hydrogens (tertiary/aromatic N) is 3. The molecule has 1 heterocycles. The zero-order chi connectivity index (χ0) is 17.0. The molecule has 128 valence electrons. The second-order valence-corrected chi connectivity index (χ2v) is 6.27. The van der Waals surface area contributed by atoms with Gasteiger partial charge in [0.05, 0.1) is 6.54 Å². The molecule has 3 rings (SSSR count). The molecule has 24 heavy (non-hydrogen) atoms. The van der Waals surface area contributed by atoms with Gasteiger partial charge in [-0.05, 0) is 25.0 Å². The minimum Gasteiger partial charge on any atom is -0.355 e. The maximum Gasteiger partial charge on any atom is 0.221 e. The SMILES string of the molecule is O=C(CCn1cncn1)NCC1(c2c(F)cccc2F)CCCC1. The summed E-state index contributed by atoms with van der Waals surface area (Å²) in [6.07, 6.45) is 6.36. The minimum atomic E-state index is -0.654. The second kappa shape index (κ2) is 7.07. The van der Waals surface area contributed by atoms with Gasteiger partial charge in [-0.25, -0.2) is 13.8 Å². The van der Waals surface area contributed by atoms with Gasteiger partial charge >= 0.3 is 0 Å². The van der Waals surface area contributed by atoms with Crippen LogP contribution in [0.4, 0.5) is 8.78 Å². The van der Waals surface area contributed by atoms with Crippen molar-refractivity contribution in [2.45, 2.75) is 44.1 Å². The van der Waals surface area contributed by atoms with Crippen LogP contribution in [0.5, 0.6) is 0 Å². The molecule has 0 radical (unpaired) electrons. The molecular formula is C17H20F2N4O. The number of nitrogens with one attached hydrogen (secondary N) is 1. The molecule has 5 nitrogen and oxygen atoms in total. The predicted molar refractivity (Wildman–Crippen MR) is 84.2 cm³/mol. The molecule has 0 atom stereocenters. The number of benzene rings is 1. The van der Waals surface area contributed by atoms with E-state index in [4.69, 9.17) is 0 Å². The van der Waals surface area contributed by atoms with Crippen LogP contribution in [0.2, 0.25) is 0 Å².